The Morgan fingerprint density at radius 1 is 1.35 bits per heavy atom. The summed E-state index contributed by atoms with van der Waals surface area (Å²) < 4.78 is 6.91. The van der Waals surface area contributed by atoms with E-state index >= 15 is 0 Å². The van der Waals surface area contributed by atoms with E-state index in [9.17, 15) is 5.11 Å². The number of hydrogen-bond acceptors (Lipinski definition) is 2. The van der Waals surface area contributed by atoms with E-state index in [0.717, 1.165) is 41.2 Å². The van der Waals surface area contributed by atoms with E-state index in [1.807, 2.05) is 12.1 Å². The maximum absolute atomic E-state index is 10.0. The molecule has 2 aliphatic rings. The van der Waals surface area contributed by atoms with Gasteiger partial charge in [0.15, 0.2) is 0 Å². The summed E-state index contributed by atoms with van der Waals surface area (Å²) in [4.78, 5) is 0. The van der Waals surface area contributed by atoms with Gasteiger partial charge < -0.3 is 9.84 Å². The number of halogens is 1. The molecule has 0 bridgehead atoms. The summed E-state index contributed by atoms with van der Waals surface area (Å²) in [5.41, 5.74) is 0.665. The van der Waals surface area contributed by atoms with E-state index < -0.39 is 5.60 Å². The Morgan fingerprint density at radius 2 is 2.12 bits per heavy atom. The van der Waals surface area contributed by atoms with Gasteiger partial charge in [-0.3, -0.25) is 0 Å². The van der Waals surface area contributed by atoms with Crippen molar-refractivity contribution in [1.82, 2.24) is 0 Å². The molecule has 2 nitrogen and oxygen atoms in total. The van der Waals surface area contributed by atoms with Crippen molar-refractivity contribution in [3.8, 4) is 5.75 Å². The average Bonchev–Trinajstić information content (AvgIpc) is 3.17. The van der Waals surface area contributed by atoms with Gasteiger partial charge in [-0.25, -0.2) is 0 Å². The molecular formula is C14H17BrO2. The van der Waals surface area contributed by atoms with Crippen LogP contribution in [-0.4, -0.2) is 17.3 Å². The SMILES string of the molecule is OC1(Cc2cccc(Br)c2OCC2CC2)CC1. The molecule has 17 heavy (non-hydrogen) atoms. The lowest BCUT2D eigenvalue weighted by atomic mass is 10.1. The molecule has 0 atom stereocenters. The largest absolute Gasteiger partial charge is 0.492 e. The molecule has 2 aliphatic carbocycles. The van der Waals surface area contributed by atoms with Crippen molar-refractivity contribution < 1.29 is 9.84 Å². The highest BCUT2D eigenvalue weighted by Gasteiger charge is 2.41. The van der Waals surface area contributed by atoms with Crippen LogP contribution in [0.15, 0.2) is 22.7 Å². The highest BCUT2D eigenvalue weighted by molar-refractivity contribution is 9.10. The monoisotopic (exact) mass is 296 g/mol. The van der Waals surface area contributed by atoms with Gasteiger partial charge in [0.05, 0.1) is 16.7 Å². The standard InChI is InChI=1S/C14H17BrO2/c15-12-3-1-2-11(8-14(16)6-7-14)13(12)17-9-10-4-5-10/h1-3,10,16H,4-9H2. The van der Waals surface area contributed by atoms with Gasteiger partial charge in [-0.1, -0.05) is 12.1 Å². The first kappa shape index (κ1) is 11.5. The van der Waals surface area contributed by atoms with Crippen LogP contribution in [0, 0.1) is 5.92 Å². The maximum atomic E-state index is 10.0. The molecule has 92 valence electrons. The zero-order chi connectivity index (χ0) is 11.9. The third kappa shape index (κ3) is 2.83. The second kappa shape index (κ2) is 4.29. The van der Waals surface area contributed by atoms with Crippen molar-refractivity contribution in [1.29, 1.82) is 0 Å². The van der Waals surface area contributed by atoms with Gasteiger partial charge >= 0.3 is 0 Å². The van der Waals surface area contributed by atoms with Crippen LogP contribution >= 0.6 is 15.9 Å². The number of rotatable bonds is 5. The van der Waals surface area contributed by atoms with E-state index in [1.165, 1.54) is 12.8 Å². The molecule has 0 unspecified atom stereocenters. The third-order valence-electron chi connectivity index (χ3n) is 3.56. The molecule has 3 rings (SSSR count). The number of para-hydroxylation sites is 1. The molecule has 1 aromatic carbocycles. The van der Waals surface area contributed by atoms with E-state index in [1.54, 1.807) is 0 Å². The Hall–Kier alpha value is -0.540. The summed E-state index contributed by atoms with van der Waals surface area (Å²) in [7, 11) is 0. The molecule has 2 saturated carbocycles. The summed E-state index contributed by atoms with van der Waals surface area (Å²) >= 11 is 3.54. The van der Waals surface area contributed by atoms with Crippen LogP contribution in [0.4, 0.5) is 0 Å². The number of ether oxygens (including phenoxy) is 1. The lowest BCUT2D eigenvalue weighted by Gasteiger charge is -2.15. The number of benzene rings is 1. The summed E-state index contributed by atoms with van der Waals surface area (Å²) in [6, 6.07) is 6.07. The molecule has 0 aromatic heterocycles. The fraction of sp³-hybridized carbons (Fsp3) is 0.571. The fourth-order valence-corrected chi connectivity index (χ4v) is 2.54. The minimum Gasteiger partial charge on any atom is -0.492 e. The fourth-order valence-electron chi connectivity index (χ4n) is 2.02. The molecule has 0 radical (unpaired) electrons. The molecule has 2 fully saturated rings. The van der Waals surface area contributed by atoms with Gasteiger partial charge in [-0.05, 0) is 59.2 Å². The van der Waals surface area contributed by atoms with Crippen LogP contribution in [0.5, 0.6) is 5.75 Å². The second-order valence-electron chi connectivity index (χ2n) is 5.38. The number of aliphatic hydroxyl groups is 1. The molecule has 0 spiro atoms. The van der Waals surface area contributed by atoms with Gasteiger partial charge in [-0.15, -0.1) is 0 Å². The number of hydrogen-bond donors (Lipinski definition) is 1. The molecule has 0 heterocycles. The van der Waals surface area contributed by atoms with Crippen LogP contribution in [0.25, 0.3) is 0 Å². The van der Waals surface area contributed by atoms with Crippen LogP contribution in [0.3, 0.4) is 0 Å². The van der Waals surface area contributed by atoms with Gasteiger partial charge in [0.1, 0.15) is 5.75 Å². The Labute approximate surface area is 110 Å². The normalized spacial score (nSPS) is 21.3. The highest BCUT2D eigenvalue weighted by Crippen LogP contribution is 2.42. The summed E-state index contributed by atoms with van der Waals surface area (Å²) in [5.74, 6) is 1.68. The van der Waals surface area contributed by atoms with Crippen molar-refractivity contribution in [3.05, 3.63) is 28.2 Å². The lowest BCUT2D eigenvalue weighted by Crippen LogP contribution is -2.12. The molecule has 0 amide bonds. The van der Waals surface area contributed by atoms with Gasteiger partial charge in [0, 0.05) is 6.42 Å². The van der Waals surface area contributed by atoms with Crippen molar-refractivity contribution in [2.75, 3.05) is 6.61 Å². The van der Waals surface area contributed by atoms with Crippen LogP contribution in [-0.2, 0) is 6.42 Å². The Balaban J connectivity index is 1.76. The Kier molecular flexibility index (Phi) is 2.91. The minimum atomic E-state index is -0.460. The molecule has 0 saturated heterocycles. The maximum Gasteiger partial charge on any atom is 0.136 e. The van der Waals surface area contributed by atoms with Gasteiger partial charge in [0.25, 0.3) is 0 Å². The van der Waals surface area contributed by atoms with Crippen molar-refractivity contribution in [2.24, 2.45) is 5.92 Å². The van der Waals surface area contributed by atoms with E-state index in [-0.39, 0.29) is 0 Å². The average molecular weight is 297 g/mol. The summed E-state index contributed by atoms with van der Waals surface area (Å²) in [5, 5.41) is 10.0. The topological polar surface area (TPSA) is 29.5 Å². The zero-order valence-electron chi connectivity index (χ0n) is 9.79. The first-order valence-corrected chi connectivity index (χ1v) is 7.08. The second-order valence-corrected chi connectivity index (χ2v) is 6.24. The van der Waals surface area contributed by atoms with Gasteiger partial charge in [0.2, 0.25) is 0 Å². The van der Waals surface area contributed by atoms with Crippen molar-refractivity contribution in [2.45, 2.75) is 37.7 Å². The molecule has 1 N–H and O–H groups in total. The molecule has 0 aliphatic heterocycles. The highest BCUT2D eigenvalue weighted by atomic mass is 79.9. The van der Waals surface area contributed by atoms with E-state index in [2.05, 4.69) is 22.0 Å². The first-order chi connectivity index (χ1) is 8.16. The smallest absolute Gasteiger partial charge is 0.136 e. The van der Waals surface area contributed by atoms with E-state index in [4.69, 9.17) is 4.74 Å². The Morgan fingerprint density at radius 3 is 2.76 bits per heavy atom. The first-order valence-electron chi connectivity index (χ1n) is 6.29. The molecule has 3 heteroatoms. The van der Waals surface area contributed by atoms with Crippen LogP contribution in [0.2, 0.25) is 0 Å². The van der Waals surface area contributed by atoms with Crippen molar-refractivity contribution in [3.63, 3.8) is 0 Å². The predicted molar refractivity (Wildman–Crippen MR) is 70.2 cm³/mol. The van der Waals surface area contributed by atoms with E-state index in [0.29, 0.717) is 6.42 Å². The predicted octanol–water partition coefficient (Wildman–Crippen LogP) is 3.31. The van der Waals surface area contributed by atoms with Gasteiger partial charge in [-0.2, -0.15) is 0 Å². The molecule has 1 aromatic rings. The Bertz CT molecular complexity index is 422. The minimum absolute atomic E-state index is 0.460. The third-order valence-corrected chi connectivity index (χ3v) is 4.18. The molecular weight excluding hydrogens is 280 g/mol. The van der Waals surface area contributed by atoms with Crippen LogP contribution in [0.1, 0.15) is 31.2 Å². The summed E-state index contributed by atoms with van der Waals surface area (Å²) in [6.07, 6.45) is 5.14. The summed E-state index contributed by atoms with van der Waals surface area (Å²) in [6.45, 7) is 0.814. The zero-order valence-corrected chi connectivity index (χ0v) is 11.4. The quantitative estimate of drug-likeness (QED) is 0.903. The van der Waals surface area contributed by atoms with Crippen molar-refractivity contribution >= 4 is 15.9 Å². The lowest BCUT2D eigenvalue weighted by molar-refractivity contribution is 0.149. The van der Waals surface area contributed by atoms with Crippen LogP contribution < -0.4 is 4.74 Å².